The maximum absolute atomic E-state index is 12.5. The first kappa shape index (κ1) is 24.9. The van der Waals surface area contributed by atoms with Gasteiger partial charge in [0.1, 0.15) is 0 Å². The number of hydrogen-bond acceptors (Lipinski definition) is 4. The summed E-state index contributed by atoms with van der Waals surface area (Å²) in [6.07, 6.45) is 5.58. The Balaban J connectivity index is 1.12. The molecule has 0 radical (unpaired) electrons. The average Bonchev–Trinajstić information content (AvgIpc) is 3.30. The van der Waals surface area contributed by atoms with Crippen molar-refractivity contribution in [3.8, 4) is 0 Å². The van der Waals surface area contributed by atoms with Gasteiger partial charge in [0.05, 0.1) is 11.4 Å². The zero-order valence-electron chi connectivity index (χ0n) is 19.6. The van der Waals surface area contributed by atoms with Gasteiger partial charge in [0.25, 0.3) is 0 Å². The van der Waals surface area contributed by atoms with Gasteiger partial charge in [-0.2, -0.15) is 0 Å². The molecular formula is C26H32N4O4S. The van der Waals surface area contributed by atoms with Gasteiger partial charge >= 0.3 is 0 Å². The summed E-state index contributed by atoms with van der Waals surface area (Å²) in [5, 5.41) is 6.76. The average molecular weight is 497 g/mol. The maximum Gasteiger partial charge on any atom is 0.240 e. The predicted octanol–water partition coefficient (Wildman–Crippen LogP) is 2.73. The van der Waals surface area contributed by atoms with Gasteiger partial charge in [0, 0.05) is 36.1 Å². The van der Waals surface area contributed by atoms with Crippen LogP contribution in [0.1, 0.15) is 31.2 Å². The van der Waals surface area contributed by atoms with Gasteiger partial charge in [-0.25, -0.2) is 13.1 Å². The predicted molar refractivity (Wildman–Crippen MR) is 135 cm³/mol. The Kier molecular flexibility index (Phi) is 8.20. The minimum atomic E-state index is -3.52. The molecule has 8 nitrogen and oxygen atoms in total. The Morgan fingerprint density at radius 2 is 1.63 bits per heavy atom. The Hall–Kier alpha value is -3.17. The van der Waals surface area contributed by atoms with Gasteiger partial charge in [-0.1, -0.05) is 36.4 Å². The zero-order valence-corrected chi connectivity index (χ0v) is 20.4. The molecule has 1 fully saturated rings. The standard InChI is InChI=1S/C26H32N4O4S/c31-25(27-15-14-21-17-28-24-9-5-4-8-23(21)24)18-29-26(32)20-12-10-19(11-13-20)16-30-35(33,34)22-6-2-1-3-7-22/h1-9,17,19-20,28,30H,10-16,18H2,(H,27,31)(H,29,32). The number of para-hydroxylation sites is 1. The largest absolute Gasteiger partial charge is 0.361 e. The van der Waals surface area contributed by atoms with E-state index in [0.717, 1.165) is 29.3 Å². The second-order valence-corrected chi connectivity index (χ2v) is 10.8. The van der Waals surface area contributed by atoms with Crippen molar-refractivity contribution >= 4 is 32.7 Å². The molecule has 1 aliphatic rings. The van der Waals surface area contributed by atoms with Gasteiger partial charge in [-0.15, -0.1) is 0 Å². The van der Waals surface area contributed by atoms with Crippen molar-refractivity contribution in [1.29, 1.82) is 0 Å². The van der Waals surface area contributed by atoms with Crippen LogP contribution in [0.2, 0.25) is 0 Å². The van der Waals surface area contributed by atoms with Gasteiger partial charge in [-0.3, -0.25) is 9.59 Å². The van der Waals surface area contributed by atoms with E-state index in [-0.39, 0.29) is 35.1 Å². The number of amides is 2. The minimum absolute atomic E-state index is 0.0382. The Bertz CT molecular complexity index is 1250. The van der Waals surface area contributed by atoms with E-state index in [1.807, 2.05) is 24.4 Å². The fourth-order valence-electron chi connectivity index (χ4n) is 4.59. The van der Waals surface area contributed by atoms with Crippen LogP contribution < -0.4 is 15.4 Å². The Morgan fingerprint density at radius 3 is 2.40 bits per heavy atom. The van der Waals surface area contributed by atoms with Crippen LogP contribution in [0.25, 0.3) is 10.9 Å². The lowest BCUT2D eigenvalue weighted by molar-refractivity contribution is -0.129. The number of sulfonamides is 1. The number of rotatable bonds is 10. The van der Waals surface area contributed by atoms with Crippen LogP contribution in [0.4, 0.5) is 0 Å². The highest BCUT2D eigenvalue weighted by Crippen LogP contribution is 2.28. The molecule has 0 aliphatic heterocycles. The lowest BCUT2D eigenvalue weighted by atomic mass is 9.81. The Morgan fingerprint density at radius 1 is 0.914 bits per heavy atom. The molecule has 1 saturated carbocycles. The molecule has 1 heterocycles. The van der Waals surface area contributed by atoms with E-state index >= 15 is 0 Å². The van der Waals surface area contributed by atoms with Gasteiger partial charge in [-0.05, 0) is 61.8 Å². The number of aromatic nitrogens is 1. The Labute approximate surface area is 205 Å². The third-order valence-corrected chi connectivity index (χ3v) is 8.09. The lowest BCUT2D eigenvalue weighted by Crippen LogP contribution is -2.41. The summed E-state index contributed by atoms with van der Waals surface area (Å²) in [6.45, 7) is 0.828. The molecule has 4 rings (SSSR count). The van der Waals surface area contributed by atoms with Crippen molar-refractivity contribution in [2.75, 3.05) is 19.6 Å². The molecule has 2 amide bonds. The molecule has 0 spiro atoms. The number of carbonyl (C=O) groups excluding carboxylic acids is 2. The first-order valence-electron chi connectivity index (χ1n) is 12.1. The van der Waals surface area contributed by atoms with Crippen molar-refractivity contribution in [3.63, 3.8) is 0 Å². The summed E-state index contributed by atoms with van der Waals surface area (Å²) in [5.74, 6) is -0.261. The minimum Gasteiger partial charge on any atom is -0.361 e. The number of H-pyrrole nitrogens is 1. The maximum atomic E-state index is 12.5. The SMILES string of the molecule is O=C(CNC(=O)C1CCC(CNS(=O)(=O)c2ccccc2)CC1)NCCc1c[nH]c2ccccc12. The number of aromatic amines is 1. The summed E-state index contributed by atoms with van der Waals surface area (Å²) in [5.41, 5.74) is 2.22. The summed E-state index contributed by atoms with van der Waals surface area (Å²) in [6, 6.07) is 16.4. The molecule has 3 aromatic rings. The van der Waals surface area contributed by atoms with Crippen molar-refractivity contribution in [2.24, 2.45) is 11.8 Å². The number of fused-ring (bicyclic) bond motifs is 1. The fourth-order valence-corrected chi connectivity index (χ4v) is 5.73. The van der Waals surface area contributed by atoms with E-state index in [9.17, 15) is 18.0 Å². The lowest BCUT2D eigenvalue weighted by Gasteiger charge is -2.27. The van der Waals surface area contributed by atoms with E-state index in [4.69, 9.17) is 0 Å². The molecule has 4 N–H and O–H groups in total. The smallest absolute Gasteiger partial charge is 0.240 e. The van der Waals surface area contributed by atoms with E-state index in [1.165, 1.54) is 0 Å². The molecule has 9 heteroatoms. The highest BCUT2D eigenvalue weighted by Gasteiger charge is 2.27. The van der Waals surface area contributed by atoms with E-state index < -0.39 is 10.0 Å². The van der Waals surface area contributed by atoms with Crippen LogP contribution in [0.5, 0.6) is 0 Å². The van der Waals surface area contributed by atoms with Crippen LogP contribution >= 0.6 is 0 Å². The topological polar surface area (TPSA) is 120 Å². The summed E-state index contributed by atoms with van der Waals surface area (Å²) >= 11 is 0. The number of carbonyl (C=O) groups is 2. The highest BCUT2D eigenvalue weighted by molar-refractivity contribution is 7.89. The number of nitrogens with one attached hydrogen (secondary N) is 4. The third-order valence-electron chi connectivity index (χ3n) is 6.65. The van der Waals surface area contributed by atoms with Crippen LogP contribution in [-0.2, 0) is 26.0 Å². The molecule has 2 aromatic carbocycles. The summed E-state index contributed by atoms with van der Waals surface area (Å²) < 4.78 is 27.4. The first-order chi connectivity index (χ1) is 16.9. The summed E-state index contributed by atoms with van der Waals surface area (Å²) in [4.78, 5) is 28.2. The van der Waals surface area contributed by atoms with Crippen LogP contribution in [-0.4, -0.2) is 44.9 Å². The molecule has 0 saturated heterocycles. The van der Waals surface area contributed by atoms with Gasteiger partial charge in [0.2, 0.25) is 21.8 Å². The molecule has 35 heavy (non-hydrogen) atoms. The molecule has 0 bridgehead atoms. The molecule has 0 atom stereocenters. The van der Waals surface area contributed by atoms with Gasteiger partial charge < -0.3 is 15.6 Å². The summed E-state index contributed by atoms with van der Waals surface area (Å²) in [7, 11) is -3.52. The van der Waals surface area contributed by atoms with Crippen LogP contribution in [0.15, 0.2) is 65.7 Å². The highest BCUT2D eigenvalue weighted by atomic mass is 32.2. The quantitative estimate of drug-likeness (QED) is 0.345. The number of benzene rings is 2. The zero-order chi connectivity index (χ0) is 24.7. The number of hydrogen-bond donors (Lipinski definition) is 4. The normalized spacial score (nSPS) is 18.3. The van der Waals surface area contributed by atoms with Crippen LogP contribution in [0.3, 0.4) is 0 Å². The molecule has 186 valence electrons. The third kappa shape index (κ3) is 6.70. The van der Waals surface area contributed by atoms with Crippen molar-refractivity contribution < 1.29 is 18.0 Å². The molecule has 1 aliphatic carbocycles. The van der Waals surface area contributed by atoms with Gasteiger partial charge in [0.15, 0.2) is 0 Å². The monoisotopic (exact) mass is 496 g/mol. The van der Waals surface area contributed by atoms with Crippen molar-refractivity contribution in [3.05, 3.63) is 66.4 Å². The molecule has 0 unspecified atom stereocenters. The fraction of sp³-hybridized carbons (Fsp3) is 0.385. The van der Waals surface area contributed by atoms with E-state index in [0.29, 0.717) is 32.4 Å². The van der Waals surface area contributed by atoms with Crippen molar-refractivity contribution in [2.45, 2.75) is 37.0 Å². The second kappa shape index (κ2) is 11.5. The van der Waals surface area contributed by atoms with E-state index in [2.05, 4.69) is 26.4 Å². The van der Waals surface area contributed by atoms with Crippen LogP contribution in [0, 0.1) is 11.8 Å². The molecular weight excluding hydrogens is 464 g/mol. The first-order valence-corrected chi connectivity index (χ1v) is 13.5. The second-order valence-electron chi connectivity index (χ2n) is 9.06. The van der Waals surface area contributed by atoms with Crippen molar-refractivity contribution in [1.82, 2.24) is 20.3 Å². The van der Waals surface area contributed by atoms with E-state index in [1.54, 1.807) is 30.3 Å². The molecule has 1 aromatic heterocycles.